The smallest absolute Gasteiger partial charge is 0.0707 e. The van der Waals surface area contributed by atoms with Gasteiger partial charge >= 0.3 is 0 Å². The minimum atomic E-state index is 0.321. The first-order valence-electron chi connectivity index (χ1n) is 6.11. The first-order chi connectivity index (χ1) is 6.70. The van der Waals surface area contributed by atoms with Crippen LogP contribution in [0.1, 0.15) is 52.4 Å². The fourth-order valence-corrected chi connectivity index (χ4v) is 2.57. The summed E-state index contributed by atoms with van der Waals surface area (Å²) in [5, 5.41) is 3.48. The molecule has 14 heavy (non-hydrogen) atoms. The van der Waals surface area contributed by atoms with Gasteiger partial charge in [-0.05, 0) is 38.5 Å². The van der Waals surface area contributed by atoms with E-state index >= 15 is 0 Å². The second-order valence-electron chi connectivity index (χ2n) is 5.23. The highest BCUT2D eigenvalue weighted by Gasteiger charge is 2.41. The predicted octanol–water partition coefficient (Wildman–Crippen LogP) is 2.48. The molecule has 1 saturated heterocycles. The molecule has 2 heteroatoms. The van der Waals surface area contributed by atoms with E-state index in [9.17, 15) is 0 Å². The Balaban J connectivity index is 1.76. The number of nitrogens with one attached hydrogen (secondary N) is 1. The molecule has 1 aliphatic heterocycles. The highest BCUT2D eigenvalue weighted by Crippen LogP contribution is 2.43. The van der Waals surface area contributed by atoms with Gasteiger partial charge in [-0.3, -0.25) is 0 Å². The van der Waals surface area contributed by atoms with E-state index in [0.29, 0.717) is 17.7 Å². The van der Waals surface area contributed by atoms with Gasteiger partial charge in [0.2, 0.25) is 0 Å². The average Bonchev–Trinajstić information content (AvgIpc) is 2.13. The van der Waals surface area contributed by atoms with Crippen LogP contribution in [0.25, 0.3) is 0 Å². The quantitative estimate of drug-likeness (QED) is 0.750. The molecule has 0 aromatic carbocycles. The molecule has 2 rings (SSSR count). The highest BCUT2D eigenvalue weighted by molar-refractivity contribution is 4.93. The molecular weight excluding hydrogens is 174 g/mol. The summed E-state index contributed by atoms with van der Waals surface area (Å²) in [5.41, 5.74) is 0.321. The van der Waals surface area contributed by atoms with E-state index in [2.05, 4.69) is 19.2 Å². The molecule has 0 bridgehead atoms. The van der Waals surface area contributed by atoms with Crippen molar-refractivity contribution in [2.24, 2.45) is 0 Å². The molecular formula is C12H23NO. The molecule has 2 nitrogen and oxygen atoms in total. The molecule has 2 fully saturated rings. The minimum absolute atomic E-state index is 0.321. The molecule has 1 unspecified atom stereocenters. The minimum Gasteiger partial charge on any atom is -0.370 e. The van der Waals surface area contributed by atoms with E-state index in [1.165, 1.54) is 38.5 Å². The van der Waals surface area contributed by atoms with Gasteiger partial charge < -0.3 is 10.1 Å². The van der Waals surface area contributed by atoms with Crippen LogP contribution in [0.2, 0.25) is 0 Å². The summed E-state index contributed by atoms with van der Waals surface area (Å²) in [7, 11) is 0. The zero-order chi connectivity index (χ0) is 10.0. The summed E-state index contributed by atoms with van der Waals surface area (Å²) < 4.78 is 6.20. The van der Waals surface area contributed by atoms with Gasteiger partial charge in [0.05, 0.1) is 11.7 Å². The second kappa shape index (κ2) is 4.19. The maximum absolute atomic E-state index is 6.20. The van der Waals surface area contributed by atoms with Gasteiger partial charge in [0.1, 0.15) is 0 Å². The van der Waals surface area contributed by atoms with E-state index in [4.69, 9.17) is 4.74 Å². The predicted molar refractivity (Wildman–Crippen MR) is 58.4 cm³/mol. The topological polar surface area (TPSA) is 21.3 Å². The van der Waals surface area contributed by atoms with Crippen molar-refractivity contribution in [3.8, 4) is 0 Å². The van der Waals surface area contributed by atoms with Crippen LogP contribution in [0.4, 0.5) is 0 Å². The molecule has 1 aliphatic carbocycles. The normalized spacial score (nSPS) is 30.6. The summed E-state index contributed by atoms with van der Waals surface area (Å²) >= 11 is 0. The monoisotopic (exact) mass is 197 g/mol. The third kappa shape index (κ3) is 2.29. The fourth-order valence-electron chi connectivity index (χ4n) is 2.57. The summed E-state index contributed by atoms with van der Waals surface area (Å²) in [6.45, 7) is 5.43. The Labute approximate surface area is 87.4 Å². The van der Waals surface area contributed by atoms with Gasteiger partial charge in [-0.2, -0.15) is 0 Å². The zero-order valence-corrected chi connectivity index (χ0v) is 9.51. The number of rotatable bonds is 3. The largest absolute Gasteiger partial charge is 0.370 e. The Bertz CT molecular complexity index is 187. The Hall–Kier alpha value is -0.0800. The number of ether oxygens (including phenoxy) is 1. The van der Waals surface area contributed by atoms with Crippen molar-refractivity contribution >= 4 is 0 Å². The van der Waals surface area contributed by atoms with Gasteiger partial charge in [-0.25, -0.2) is 0 Å². The van der Waals surface area contributed by atoms with Crippen molar-refractivity contribution in [2.45, 2.75) is 70.1 Å². The van der Waals surface area contributed by atoms with Gasteiger partial charge in [-0.15, -0.1) is 0 Å². The molecule has 1 heterocycles. The molecule has 1 atom stereocenters. The van der Waals surface area contributed by atoms with E-state index < -0.39 is 0 Å². The second-order valence-corrected chi connectivity index (χ2v) is 5.23. The summed E-state index contributed by atoms with van der Waals surface area (Å²) in [6, 6.07) is 0.581. The van der Waals surface area contributed by atoms with Crippen LogP contribution in [0, 0.1) is 0 Å². The van der Waals surface area contributed by atoms with Crippen LogP contribution in [-0.4, -0.2) is 24.3 Å². The van der Waals surface area contributed by atoms with Crippen molar-refractivity contribution in [3.05, 3.63) is 0 Å². The van der Waals surface area contributed by atoms with Crippen molar-refractivity contribution in [1.82, 2.24) is 5.32 Å². The lowest BCUT2D eigenvalue weighted by Gasteiger charge is -2.47. The summed E-state index contributed by atoms with van der Waals surface area (Å²) in [6.07, 6.45) is 8.41. The maximum atomic E-state index is 6.20. The molecule has 1 spiro atoms. The van der Waals surface area contributed by atoms with Gasteiger partial charge in [-0.1, -0.05) is 13.8 Å². The third-order valence-corrected chi connectivity index (χ3v) is 3.59. The van der Waals surface area contributed by atoms with E-state index in [1.807, 2.05) is 0 Å². The number of hydrogen-bond acceptors (Lipinski definition) is 2. The molecule has 0 aromatic heterocycles. The SMILES string of the molecule is CC(C)NCC1CCCC2(CCC2)O1. The lowest BCUT2D eigenvalue weighted by atomic mass is 9.74. The summed E-state index contributed by atoms with van der Waals surface area (Å²) in [5.74, 6) is 0. The van der Waals surface area contributed by atoms with Gasteiger partial charge in [0.15, 0.2) is 0 Å². The Morgan fingerprint density at radius 3 is 2.57 bits per heavy atom. The van der Waals surface area contributed by atoms with Crippen LogP contribution in [0.3, 0.4) is 0 Å². The highest BCUT2D eigenvalue weighted by atomic mass is 16.5. The molecule has 0 radical (unpaired) electrons. The first kappa shape index (κ1) is 10.4. The van der Waals surface area contributed by atoms with Crippen molar-refractivity contribution in [3.63, 3.8) is 0 Å². The third-order valence-electron chi connectivity index (χ3n) is 3.59. The van der Waals surface area contributed by atoms with E-state index in [1.54, 1.807) is 0 Å². The molecule has 0 aromatic rings. The van der Waals surface area contributed by atoms with Gasteiger partial charge in [0, 0.05) is 12.6 Å². The van der Waals surface area contributed by atoms with Crippen molar-refractivity contribution in [1.29, 1.82) is 0 Å². The van der Waals surface area contributed by atoms with Crippen LogP contribution >= 0.6 is 0 Å². The molecule has 1 N–H and O–H groups in total. The van der Waals surface area contributed by atoms with Gasteiger partial charge in [0.25, 0.3) is 0 Å². The van der Waals surface area contributed by atoms with Crippen LogP contribution in [0.5, 0.6) is 0 Å². The van der Waals surface area contributed by atoms with Crippen molar-refractivity contribution < 1.29 is 4.74 Å². The Morgan fingerprint density at radius 1 is 1.29 bits per heavy atom. The zero-order valence-electron chi connectivity index (χ0n) is 9.51. The first-order valence-corrected chi connectivity index (χ1v) is 6.11. The lowest BCUT2D eigenvalue weighted by molar-refractivity contribution is -0.167. The van der Waals surface area contributed by atoms with Crippen LogP contribution in [0.15, 0.2) is 0 Å². The summed E-state index contributed by atoms with van der Waals surface area (Å²) in [4.78, 5) is 0. The van der Waals surface area contributed by atoms with E-state index in [-0.39, 0.29) is 0 Å². The Kier molecular flexibility index (Phi) is 3.13. The standard InChI is InChI=1S/C12H23NO/c1-10(2)13-9-11-5-3-6-12(14-11)7-4-8-12/h10-11,13H,3-9H2,1-2H3. The lowest BCUT2D eigenvalue weighted by Crippen LogP contribution is -2.49. The van der Waals surface area contributed by atoms with E-state index in [0.717, 1.165) is 6.54 Å². The van der Waals surface area contributed by atoms with Crippen LogP contribution in [-0.2, 0) is 4.74 Å². The number of hydrogen-bond donors (Lipinski definition) is 1. The average molecular weight is 197 g/mol. The molecule has 2 aliphatic rings. The Morgan fingerprint density at radius 2 is 2.00 bits per heavy atom. The fraction of sp³-hybridized carbons (Fsp3) is 1.00. The van der Waals surface area contributed by atoms with Crippen molar-refractivity contribution in [2.75, 3.05) is 6.54 Å². The molecule has 82 valence electrons. The van der Waals surface area contributed by atoms with Crippen LogP contribution < -0.4 is 5.32 Å². The maximum Gasteiger partial charge on any atom is 0.0707 e. The molecule has 1 saturated carbocycles. The molecule has 0 amide bonds.